The molecule has 0 aliphatic carbocycles. The molecule has 6 rings (SSSR count). The summed E-state index contributed by atoms with van der Waals surface area (Å²) in [6.45, 7) is 0. The van der Waals surface area contributed by atoms with Gasteiger partial charge in [-0.05, 0) is 118 Å². The van der Waals surface area contributed by atoms with E-state index in [1.807, 2.05) is 60.7 Å². The molecule has 6 heteroatoms. The molecule has 0 aliphatic heterocycles. The van der Waals surface area contributed by atoms with Gasteiger partial charge in [0, 0.05) is 29.5 Å². The molecule has 208 valence electrons. The molecule has 0 bridgehead atoms. The minimum absolute atomic E-state index is 0.436. The van der Waals surface area contributed by atoms with Crippen molar-refractivity contribution in [3.8, 4) is 57.7 Å². The van der Waals surface area contributed by atoms with E-state index in [1.165, 1.54) is 0 Å². The van der Waals surface area contributed by atoms with E-state index in [0.29, 0.717) is 22.3 Å². The number of nitrogens with zero attached hydrogens (tertiary/aromatic N) is 6. The Morgan fingerprint density at radius 1 is 0.356 bits per heavy atom. The van der Waals surface area contributed by atoms with Crippen molar-refractivity contribution in [2.24, 2.45) is 0 Å². The first kappa shape index (κ1) is 28.1. The molecule has 0 N–H and O–H groups in total. The van der Waals surface area contributed by atoms with Gasteiger partial charge in [-0.15, -0.1) is 0 Å². The zero-order valence-corrected chi connectivity index (χ0v) is 23.9. The van der Waals surface area contributed by atoms with Crippen molar-refractivity contribution in [2.75, 3.05) is 4.90 Å². The van der Waals surface area contributed by atoms with Crippen LogP contribution < -0.4 is 4.90 Å². The molecule has 0 aliphatic rings. The molecule has 0 spiro atoms. The lowest BCUT2D eigenvalue weighted by molar-refractivity contribution is 1.28. The molecule has 0 atom stereocenters. The normalized spacial score (nSPS) is 10.1. The largest absolute Gasteiger partial charge is 0.311 e. The number of hydrogen-bond donors (Lipinski definition) is 0. The first-order valence-electron chi connectivity index (χ1n) is 14.0. The number of hydrogen-bond acceptors (Lipinski definition) is 6. The standard InChI is InChI=1S/C39H22N6/c40-23-27-17-28(24-41)20-35(19-27)32-3-9-38(10-4-32)45(37-7-1-31(2-8-37)34-13-15-44-16-14-34)39-11-5-33(6-12-39)36-21-29(25-42)18-30(22-36)26-43/h1-22H. The van der Waals surface area contributed by atoms with Gasteiger partial charge in [-0.3, -0.25) is 4.98 Å². The maximum atomic E-state index is 9.44. The molecule has 0 radical (unpaired) electrons. The molecule has 0 amide bonds. The molecule has 0 unspecified atom stereocenters. The van der Waals surface area contributed by atoms with E-state index in [0.717, 1.165) is 50.4 Å². The van der Waals surface area contributed by atoms with Gasteiger partial charge in [0.05, 0.1) is 46.5 Å². The van der Waals surface area contributed by atoms with Gasteiger partial charge >= 0.3 is 0 Å². The van der Waals surface area contributed by atoms with E-state index in [-0.39, 0.29) is 0 Å². The van der Waals surface area contributed by atoms with Gasteiger partial charge in [-0.1, -0.05) is 36.4 Å². The Balaban J connectivity index is 1.41. The molecule has 0 fully saturated rings. The molecular weight excluding hydrogens is 552 g/mol. The quantitative estimate of drug-likeness (QED) is 0.196. The number of pyridine rings is 1. The smallest absolute Gasteiger partial charge is 0.0992 e. The lowest BCUT2D eigenvalue weighted by atomic mass is 9.99. The highest BCUT2D eigenvalue weighted by molar-refractivity contribution is 5.81. The number of nitriles is 4. The van der Waals surface area contributed by atoms with Gasteiger partial charge in [-0.25, -0.2) is 0 Å². The van der Waals surface area contributed by atoms with Gasteiger partial charge in [0.1, 0.15) is 0 Å². The third-order valence-corrected chi connectivity index (χ3v) is 7.44. The molecule has 1 heterocycles. The van der Waals surface area contributed by atoms with Gasteiger partial charge in [-0.2, -0.15) is 21.0 Å². The summed E-state index contributed by atoms with van der Waals surface area (Å²) < 4.78 is 0. The predicted octanol–water partition coefficient (Wildman–Crippen LogP) is 9.04. The molecule has 1 aromatic heterocycles. The highest BCUT2D eigenvalue weighted by Gasteiger charge is 2.14. The Morgan fingerprint density at radius 3 is 0.956 bits per heavy atom. The van der Waals surface area contributed by atoms with Crippen molar-refractivity contribution in [1.29, 1.82) is 21.0 Å². The van der Waals surface area contributed by atoms with Crippen LogP contribution >= 0.6 is 0 Å². The van der Waals surface area contributed by atoms with Crippen molar-refractivity contribution < 1.29 is 0 Å². The van der Waals surface area contributed by atoms with E-state index >= 15 is 0 Å². The fraction of sp³-hybridized carbons (Fsp3) is 0. The van der Waals surface area contributed by atoms with Crippen LogP contribution in [0, 0.1) is 45.3 Å². The van der Waals surface area contributed by atoms with E-state index < -0.39 is 0 Å². The molecule has 6 aromatic rings. The molecule has 6 nitrogen and oxygen atoms in total. The van der Waals surface area contributed by atoms with Crippen molar-refractivity contribution in [1.82, 2.24) is 4.98 Å². The Hall–Kier alpha value is -6.99. The molecule has 0 saturated heterocycles. The first-order valence-corrected chi connectivity index (χ1v) is 14.0. The highest BCUT2D eigenvalue weighted by atomic mass is 15.1. The SMILES string of the molecule is N#Cc1cc(C#N)cc(-c2ccc(N(c3ccc(-c4ccncc4)cc3)c3ccc(-c4cc(C#N)cc(C#N)c4)cc3)cc2)c1. The minimum atomic E-state index is 0.436. The summed E-state index contributed by atoms with van der Waals surface area (Å²) in [5, 5.41) is 37.7. The van der Waals surface area contributed by atoms with Crippen LogP contribution in [0.15, 0.2) is 134 Å². The second-order valence-electron chi connectivity index (χ2n) is 10.3. The lowest BCUT2D eigenvalue weighted by Crippen LogP contribution is -2.09. The molecule has 0 saturated carbocycles. The fourth-order valence-electron chi connectivity index (χ4n) is 5.25. The van der Waals surface area contributed by atoms with Crippen LogP contribution in [0.3, 0.4) is 0 Å². The lowest BCUT2D eigenvalue weighted by Gasteiger charge is -2.26. The van der Waals surface area contributed by atoms with E-state index in [2.05, 4.69) is 58.4 Å². The zero-order valence-electron chi connectivity index (χ0n) is 23.9. The predicted molar refractivity (Wildman–Crippen MR) is 174 cm³/mol. The van der Waals surface area contributed by atoms with Crippen LogP contribution in [0.5, 0.6) is 0 Å². The second-order valence-corrected chi connectivity index (χ2v) is 10.3. The number of aromatic nitrogens is 1. The molecule has 5 aromatic carbocycles. The van der Waals surface area contributed by atoms with E-state index in [1.54, 1.807) is 48.8 Å². The Kier molecular flexibility index (Phi) is 7.81. The summed E-state index contributed by atoms with van der Waals surface area (Å²) in [4.78, 5) is 6.26. The van der Waals surface area contributed by atoms with Gasteiger partial charge in [0.25, 0.3) is 0 Å². The van der Waals surface area contributed by atoms with Crippen molar-refractivity contribution >= 4 is 17.1 Å². The summed E-state index contributed by atoms with van der Waals surface area (Å²) in [5.74, 6) is 0. The zero-order chi connectivity index (χ0) is 31.2. The van der Waals surface area contributed by atoms with Crippen LogP contribution in [0.4, 0.5) is 17.1 Å². The highest BCUT2D eigenvalue weighted by Crippen LogP contribution is 2.38. The van der Waals surface area contributed by atoms with Crippen LogP contribution in [-0.2, 0) is 0 Å². The topological polar surface area (TPSA) is 111 Å². The summed E-state index contributed by atoms with van der Waals surface area (Å²) in [6.07, 6.45) is 3.55. The Morgan fingerprint density at radius 2 is 0.644 bits per heavy atom. The number of benzene rings is 5. The van der Waals surface area contributed by atoms with E-state index in [9.17, 15) is 21.0 Å². The molecule has 45 heavy (non-hydrogen) atoms. The van der Waals surface area contributed by atoms with Crippen LogP contribution in [0.2, 0.25) is 0 Å². The van der Waals surface area contributed by atoms with E-state index in [4.69, 9.17) is 0 Å². The van der Waals surface area contributed by atoms with Crippen molar-refractivity contribution in [3.63, 3.8) is 0 Å². The van der Waals surface area contributed by atoms with Gasteiger partial charge in [0.2, 0.25) is 0 Å². The second kappa shape index (κ2) is 12.5. The number of anilines is 3. The third kappa shape index (κ3) is 5.99. The number of rotatable bonds is 6. The Bertz CT molecular complexity index is 1990. The summed E-state index contributed by atoms with van der Waals surface area (Å²) in [6, 6.07) is 47.1. The maximum Gasteiger partial charge on any atom is 0.0992 e. The molecular formula is C39H22N6. The maximum absolute atomic E-state index is 9.44. The Labute approximate surface area is 261 Å². The van der Waals surface area contributed by atoms with Gasteiger partial charge < -0.3 is 4.90 Å². The van der Waals surface area contributed by atoms with Crippen LogP contribution in [0.1, 0.15) is 22.3 Å². The van der Waals surface area contributed by atoms with Gasteiger partial charge in [0.15, 0.2) is 0 Å². The minimum Gasteiger partial charge on any atom is -0.311 e. The average Bonchev–Trinajstić information content (AvgIpc) is 3.12. The third-order valence-electron chi connectivity index (χ3n) is 7.44. The monoisotopic (exact) mass is 574 g/mol. The fourth-order valence-corrected chi connectivity index (χ4v) is 5.25. The van der Waals surface area contributed by atoms with Crippen LogP contribution in [0.25, 0.3) is 33.4 Å². The summed E-state index contributed by atoms with van der Waals surface area (Å²) in [5.41, 5.74) is 10.0. The van der Waals surface area contributed by atoms with Crippen molar-refractivity contribution in [2.45, 2.75) is 0 Å². The first-order chi connectivity index (χ1) is 22.1. The van der Waals surface area contributed by atoms with Crippen molar-refractivity contribution in [3.05, 3.63) is 156 Å². The summed E-state index contributed by atoms with van der Waals surface area (Å²) >= 11 is 0. The average molecular weight is 575 g/mol. The van der Waals surface area contributed by atoms with Crippen LogP contribution in [-0.4, -0.2) is 4.98 Å². The summed E-state index contributed by atoms with van der Waals surface area (Å²) in [7, 11) is 0.